The van der Waals surface area contributed by atoms with Crippen molar-refractivity contribution in [2.24, 2.45) is 0 Å². The van der Waals surface area contributed by atoms with E-state index in [9.17, 15) is 4.79 Å². The van der Waals surface area contributed by atoms with Gasteiger partial charge in [0.15, 0.2) is 0 Å². The predicted octanol–water partition coefficient (Wildman–Crippen LogP) is 0.165. The molecule has 1 atom stereocenters. The molecule has 106 valence electrons. The first-order valence-electron chi connectivity index (χ1n) is 6.96. The van der Waals surface area contributed by atoms with Crippen molar-refractivity contribution in [1.29, 1.82) is 0 Å². The van der Waals surface area contributed by atoms with Crippen LogP contribution in [0.4, 0.5) is 0 Å². The van der Waals surface area contributed by atoms with Crippen LogP contribution in [-0.4, -0.2) is 74.7 Å². The van der Waals surface area contributed by atoms with Crippen LogP contribution in [0.3, 0.4) is 0 Å². The monoisotopic (exact) mass is 257 g/mol. The van der Waals surface area contributed by atoms with Gasteiger partial charge in [-0.2, -0.15) is 0 Å². The number of morpholine rings is 1. The van der Waals surface area contributed by atoms with Gasteiger partial charge in [-0.05, 0) is 6.54 Å². The lowest BCUT2D eigenvalue weighted by Gasteiger charge is -2.34. The van der Waals surface area contributed by atoms with E-state index in [0.717, 1.165) is 39.3 Å². The molecule has 1 rings (SSSR count). The summed E-state index contributed by atoms with van der Waals surface area (Å²) in [7, 11) is 1.85. The zero-order valence-corrected chi connectivity index (χ0v) is 11.9. The molecule has 0 bridgehead atoms. The van der Waals surface area contributed by atoms with E-state index in [2.05, 4.69) is 17.1 Å². The number of carbonyl (C=O) groups is 1. The van der Waals surface area contributed by atoms with Gasteiger partial charge in [0.25, 0.3) is 0 Å². The number of nitrogens with one attached hydrogen (secondary N) is 1. The molecular formula is C13H27N3O2. The number of rotatable bonds is 7. The first-order chi connectivity index (χ1) is 8.67. The lowest BCUT2D eigenvalue weighted by molar-refractivity contribution is -0.132. The smallest absolute Gasteiger partial charge is 0.222 e. The quantitative estimate of drug-likeness (QED) is 0.660. The van der Waals surface area contributed by atoms with Gasteiger partial charge in [0, 0.05) is 46.2 Å². The van der Waals surface area contributed by atoms with Crippen LogP contribution in [0.25, 0.3) is 0 Å². The van der Waals surface area contributed by atoms with Crippen molar-refractivity contribution in [1.82, 2.24) is 15.1 Å². The van der Waals surface area contributed by atoms with Crippen LogP contribution in [0.2, 0.25) is 0 Å². The maximum absolute atomic E-state index is 11.5. The summed E-state index contributed by atoms with van der Waals surface area (Å²) >= 11 is 0. The van der Waals surface area contributed by atoms with E-state index in [4.69, 9.17) is 4.74 Å². The van der Waals surface area contributed by atoms with E-state index in [1.807, 2.05) is 14.0 Å². The van der Waals surface area contributed by atoms with Gasteiger partial charge in [-0.3, -0.25) is 9.69 Å². The Hall–Kier alpha value is -0.650. The molecule has 1 aliphatic heterocycles. The summed E-state index contributed by atoms with van der Waals surface area (Å²) in [5.74, 6) is 0.184. The number of likely N-dealkylation sites (N-methyl/N-ethyl adjacent to an activating group) is 2. The molecule has 0 aromatic rings. The minimum atomic E-state index is 0.154. The van der Waals surface area contributed by atoms with Gasteiger partial charge in [0.1, 0.15) is 0 Å². The highest BCUT2D eigenvalue weighted by Gasteiger charge is 2.22. The molecule has 0 spiro atoms. The van der Waals surface area contributed by atoms with Crippen LogP contribution < -0.4 is 5.32 Å². The molecule has 18 heavy (non-hydrogen) atoms. The van der Waals surface area contributed by atoms with E-state index in [1.54, 1.807) is 4.90 Å². The molecule has 1 aliphatic rings. The standard InChI is InChI=1S/C13H27N3O2/c1-4-13(17)15(3)10-12-11-16(8-9-18-12)7-6-14-5-2/h12,14H,4-11H2,1-3H3. The van der Waals surface area contributed by atoms with Crippen molar-refractivity contribution < 1.29 is 9.53 Å². The van der Waals surface area contributed by atoms with Crippen LogP contribution >= 0.6 is 0 Å². The van der Waals surface area contributed by atoms with Gasteiger partial charge < -0.3 is 15.0 Å². The third kappa shape index (κ3) is 5.33. The Morgan fingerprint density at radius 1 is 1.50 bits per heavy atom. The van der Waals surface area contributed by atoms with Crippen LogP contribution in [0, 0.1) is 0 Å². The van der Waals surface area contributed by atoms with Crippen LogP contribution in [0.1, 0.15) is 20.3 Å². The second-order valence-corrected chi connectivity index (χ2v) is 4.77. The number of ether oxygens (including phenoxy) is 1. The zero-order chi connectivity index (χ0) is 13.4. The Kier molecular flexibility index (Phi) is 7.23. The summed E-state index contributed by atoms with van der Waals surface area (Å²) in [6.45, 7) is 10.5. The van der Waals surface area contributed by atoms with Crippen molar-refractivity contribution in [3.63, 3.8) is 0 Å². The Morgan fingerprint density at radius 2 is 2.28 bits per heavy atom. The predicted molar refractivity (Wildman–Crippen MR) is 72.7 cm³/mol. The van der Waals surface area contributed by atoms with Gasteiger partial charge in [-0.1, -0.05) is 13.8 Å². The largest absolute Gasteiger partial charge is 0.374 e. The molecular weight excluding hydrogens is 230 g/mol. The number of hydrogen-bond acceptors (Lipinski definition) is 4. The number of hydrogen-bond donors (Lipinski definition) is 1. The summed E-state index contributed by atoms with van der Waals surface area (Å²) in [4.78, 5) is 15.7. The summed E-state index contributed by atoms with van der Waals surface area (Å²) in [5, 5.41) is 3.33. The van der Waals surface area contributed by atoms with Gasteiger partial charge in [0.05, 0.1) is 12.7 Å². The van der Waals surface area contributed by atoms with Gasteiger partial charge in [-0.15, -0.1) is 0 Å². The second-order valence-electron chi connectivity index (χ2n) is 4.77. The molecule has 1 heterocycles. The summed E-state index contributed by atoms with van der Waals surface area (Å²) in [6.07, 6.45) is 0.716. The third-order valence-corrected chi connectivity index (χ3v) is 3.28. The molecule has 1 fully saturated rings. The van der Waals surface area contributed by atoms with Gasteiger partial charge >= 0.3 is 0 Å². The SMILES string of the molecule is CCNCCN1CCOC(CN(C)C(=O)CC)C1. The Labute approximate surface area is 110 Å². The first-order valence-corrected chi connectivity index (χ1v) is 6.96. The molecule has 0 saturated carbocycles. The first kappa shape index (κ1) is 15.4. The van der Waals surface area contributed by atoms with Crippen molar-refractivity contribution >= 4 is 5.91 Å². The minimum absolute atomic E-state index is 0.154. The molecule has 5 heteroatoms. The number of nitrogens with zero attached hydrogens (tertiary/aromatic N) is 2. The minimum Gasteiger partial charge on any atom is -0.374 e. The van der Waals surface area contributed by atoms with Crippen LogP contribution in [0.5, 0.6) is 0 Å². The number of amides is 1. The summed E-state index contributed by atoms with van der Waals surface area (Å²) in [6, 6.07) is 0. The summed E-state index contributed by atoms with van der Waals surface area (Å²) in [5.41, 5.74) is 0. The average molecular weight is 257 g/mol. The van der Waals surface area contributed by atoms with E-state index in [-0.39, 0.29) is 12.0 Å². The molecule has 0 aromatic heterocycles. The maximum atomic E-state index is 11.5. The average Bonchev–Trinajstić information content (AvgIpc) is 2.38. The highest BCUT2D eigenvalue weighted by Crippen LogP contribution is 2.06. The highest BCUT2D eigenvalue weighted by molar-refractivity contribution is 5.75. The van der Waals surface area contributed by atoms with Gasteiger partial charge in [0.2, 0.25) is 5.91 Å². The van der Waals surface area contributed by atoms with E-state index >= 15 is 0 Å². The molecule has 0 aliphatic carbocycles. The topological polar surface area (TPSA) is 44.8 Å². The zero-order valence-electron chi connectivity index (χ0n) is 11.9. The molecule has 1 unspecified atom stereocenters. The maximum Gasteiger partial charge on any atom is 0.222 e. The molecule has 1 saturated heterocycles. The molecule has 0 radical (unpaired) electrons. The van der Waals surface area contributed by atoms with E-state index in [0.29, 0.717) is 13.0 Å². The fraction of sp³-hybridized carbons (Fsp3) is 0.923. The lowest BCUT2D eigenvalue weighted by Crippen LogP contribution is -2.49. The molecule has 1 N–H and O–H groups in total. The Balaban J connectivity index is 2.27. The van der Waals surface area contributed by atoms with Crippen molar-refractivity contribution in [2.45, 2.75) is 26.4 Å². The molecule has 0 aromatic carbocycles. The van der Waals surface area contributed by atoms with Gasteiger partial charge in [-0.25, -0.2) is 0 Å². The fourth-order valence-electron chi connectivity index (χ4n) is 2.19. The van der Waals surface area contributed by atoms with Crippen LogP contribution in [0.15, 0.2) is 0 Å². The van der Waals surface area contributed by atoms with Crippen molar-refractivity contribution in [3.05, 3.63) is 0 Å². The summed E-state index contributed by atoms with van der Waals surface area (Å²) < 4.78 is 5.72. The number of carbonyl (C=O) groups excluding carboxylic acids is 1. The molecule has 5 nitrogen and oxygen atoms in total. The van der Waals surface area contributed by atoms with E-state index < -0.39 is 0 Å². The second kappa shape index (κ2) is 8.45. The lowest BCUT2D eigenvalue weighted by atomic mass is 10.2. The normalized spacial score (nSPS) is 20.9. The Bertz CT molecular complexity index is 248. The van der Waals surface area contributed by atoms with Crippen molar-refractivity contribution in [3.8, 4) is 0 Å². The fourth-order valence-corrected chi connectivity index (χ4v) is 2.19. The highest BCUT2D eigenvalue weighted by atomic mass is 16.5. The molecule has 1 amide bonds. The Morgan fingerprint density at radius 3 is 2.94 bits per heavy atom. The third-order valence-electron chi connectivity index (χ3n) is 3.28. The van der Waals surface area contributed by atoms with E-state index in [1.165, 1.54) is 0 Å². The van der Waals surface area contributed by atoms with Crippen molar-refractivity contribution in [2.75, 3.05) is 52.9 Å². The van der Waals surface area contributed by atoms with Crippen LogP contribution in [-0.2, 0) is 9.53 Å².